The highest BCUT2D eigenvalue weighted by Gasteiger charge is 2.36. The molecule has 0 rings (SSSR count). The van der Waals surface area contributed by atoms with Gasteiger partial charge in [-0.2, -0.15) is 0 Å². The van der Waals surface area contributed by atoms with E-state index in [1.807, 2.05) is 20.8 Å². The summed E-state index contributed by atoms with van der Waals surface area (Å²) in [4.78, 5) is 11.9. The lowest BCUT2D eigenvalue weighted by Gasteiger charge is -2.29. The number of hydrogen-bond acceptors (Lipinski definition) is 2. The average Bonchev–Trinajstić information content (AvgIpc) is 2.16. The van der Waals surface area contributed by atoms with Gasteiger partial charge < -0.3 is 4.74 Å². The van der Waals surface area contributed by atoms with Gasteiger partial charge in [0, 0.05) is 0 Å². The first kappa shape index (κ1) is 13.9. The smallest absolute Gasteiger partial charge is 0.312 e. The second kappa shape index (κ2) is 6.44. The average molecular weight is 210 g/mol. The molecule has 2 nitrogen and oxygen atoms in total. The van der Waals surface area contributed by atoms with E-state index in [0.29, 0.717) is 19.4 Å². The lowest BCUT2D eigenvalue weighted by Crippen LogP contribution is -2.32. The fourth-order valence-corrected chi connectivity index (χ4v) is 1.78. The van der Waals surface area contributed by atoms with Crippen LogP contribution in [-0.2, 0) is 9.53 Å². The van der Waals surface area contributed by atoms with Crippen LogP contribution < -0.4 is 0 Å². The van der Waals surface area contributed by atoms with Gasteiger partial charge in [-0.1, -0.05) is 18.6 Å². The first-order valence-corrected chi connectivity index (χ1v) is 5.45. The van der Waals surface area contributed by atoms with Crippen molar-refractivity contribution in [1.29, 1.82) is 0 Å². The highest BCUT2D eigenvalue weighted by atomic mass is 16.5. The summed E-state index contributed by atoms with van der Waals surface area (Å²) in [5.74, 6) is -0.129. The van der Waals surface area contributed by atoms with Crippen LogP contribution in [0.2, 0.25) is 0 Å². The minimum Gasteiger partial charge on any atom is -0.466 e. The van der Waals surface area contributed by atoms with Crippen molar-refractivity contribution in [3.8, 4) is 0 Å². The van der Waals surface area contributed by atoms with Crippen LogP contribution in [0.1, 0.15) is 40.0 Å². The molecule has 0 aromatic heterocycles. The molecule has 0 spiro atoms. The molecule has 0 fully saturated rings. The molecule has 0 amide bonds. The molecule has 0 saturated carbocycles. The normalized spacial score (nSPS) is 14.1. The summed E-state index contributed by atoms with van der Waals surface area (Å²) < 4.78 is 5.12. The molecule has 0 N–H and O–H groups in total. The highest BCUT2D eigenvalue weighted by Crippen LogP contribution is 2.35. The third-order valence-corrected chi connectivity index (χ3v) is 2.56. The predicted molar refractivity (Wildman–Crippen MR) is 63.6 cm³/mol. The topological polar surface area (TPSA) is 26.3 Å². The van der Waals surface area contributed by atoms with Crippen LogP contribution in [0.3, 0.4) is 0 Å². The maximum absolute atomic E-state index is 11.9. The van der Waals surface area contributed by atoms with Crippen molar-refractivity contribution < 1.29 is 9.53 Å². The summed E-state index contributed by atoms with van der Waals surface area (Å²) in [6, 6.07) is 0. The minimum atomic E-state index is -0.455. The maximum Gasteiger partial charge on any atom is 0.312 e. The summed E-state index contributed by atoms with van der Waals surface area (Å²) in [5.41, 5.74) is 0.551. The highest BCUT2D eigenvalue weighted by molar-refractivity contribution is 5.77. The zero-order chi connectivity index (χ0) is 11.9. The van der Waals surface area contributed by atoms with Crippen molar-refractivity contribution in [3.05, 3.63) is 24.8 Å². The molecule has 0 saturated heterocycles. The fourth-order valence-electron chi connectivity index (χ4n) is 1.78. The molecular formula is C13H22O2. The van der Waals surface area contributed by atoms with Gasteiger partial charge in [-0.05, 0) is 33.1 Å². The molecule has 1 unspecified atom stereocenters. The first-order chi connectivity index (χ1) is 7.02. The number of esters is 1. The predicted octanol–water partition coefficient (Wildman–Crippen LogP) is 3.49. The van der Waals surface area contributed by atoms with Crippen molar-refractivity contribution in [3.63, 3.8) is 0 Å². The van der Waals surface area contributed by atoms with Crippen LogP contribution >= 0.6 is 0 Å². The first-order valence-electron chi connectivity index (χ1n) is 5.45. The summed E-state index contributed by atoms with van der Waals surface area (Å²) in [7, 11) is 0. The van der Waals surface area contributed by atoms with Crippen LogP contribution in [0.5, 0.6) is 0 Å². The second-order valence-electron chi connectivity index (χ2n) is 3.98. The monoisotopic (exact) mass is 210 g/mol. The molecule has 86 valence electrons. The van der Waals surface area contributed by atoms with Crippen LogP contribution in [0.25, 0.3) is 0 Å². The third kappa shape index (κ3) is 3.90. The van der Waals surface area contributed by atoms with E-state index >= 15 is 0 Å². The largest absolute Gasteiger partial charge is 0.466 e. The summed E-state index contributed by atoms with van der Waals surface area (Å²) in [6.45, 7) is 13.8. The maximum atomic E-state index is 11.9. The Morgan fingerprint density at radius 1 is 1.47 bits per heavy atom. The molecular weight excluding hydrogens is 188 g/mol. The molecule has 0 aromatic carbocycles. The van der Waals surface area contributed by atoms with Crippen LogP contribution in [-0.4, -0.2) is 12.6 Å². The Labute approximate surface area is 93.0 Å². The van der Waals surface area contributed by atoms with E-state index in [9.17, 15) is 4.79 Å². The lowest BCUT2D eigenvalue weighted by atomic mass is 9.77. The number of carbonyl (C=O) groups is 1. The van der Waals surface area contributed by atoms with Crippen molar-refractivity contribution in [1.82, 2.24) is 0 Å². The van der Waals surface area contributed by atoms with E-state index in [1.54, 1.807) is 6.08 Å². The molecule has 2 heteroatoms. The molecule has 0 heterocycles. The molecule has 0 radical (unpaired) electrons. The molecule has 1 atom stereocenters. The zero-order valence-electron chi connectivity index (χ0n) is 10.1. The van der Waals surface area contributed by atoms with Crippen LogP contribution in [0, 0.1) is 5.41 Å². The Morgan fingerprint density at radius 2 is 2.07 bits per heavy atom. The SMILES string of the molecule is C=CCC(CC)(CC(=C)C)C(=O)OCC. The van der Waals surface area contributed by atoms with Crippen molar-refractivity contribution in [2.45, 2.75) is 40.0 Å². The summed E-state index contributed by atoms with van der Waals surface area (Å²) in [5, 5.41) is 0. The number of ether oxygens (including phenoxy) is 1. The third-order valence-electron chi connectivity index (χ3n) is 2.56. The van der Waals surface area contributed by atoms with E-state index < -0.39 is 5.41 Å². The van der Waals surface area contributed by atoms with Crippen molar-refractivity contribution >= 4 is 5.97 Å². The minimum absolute atomic E-state index is 0.129. The zero-order valence-corrected chi connectivity index (χ0v) is 10.1. The van der Waals surface area contributed by atoms with E-state index in [1.165, 1.54) is 0 Å². The van der Waals surface area contributed by atoms with E-state index in [0.717, 1.165) is 12.0 Å². The Balaban J connectivity index is 4.85. The Hall–Kier alpha value is -1.05. The van der Waals surface area contributed by atoms with Gasteiger partial charge in [0.1, 0.15) is 0 Å². The molecule has 0 aromatic rings. The molecule has 0 bridgehead atoms. The van der Waals surface area contributed by atoms with Gasteiger partial charge in [0.05, 0.1) is 12.0 Å². The van der Waals surface area contributed by atoms with E-state index in [4.69, 9.17) is 4.74 Å². The number of rotatable bonds is 7. The number of allylic oxidation sites excluding steroid dienone is 2. The molecule has 0 aliphatic heterocycles. The van der Waals surface area contributed by atoms with E-state index in [2.05, 4.69) is 13.2 Å². The molecule has 0 aliphatic carbocycles. The summed E-state index contributed by atoms with van der Waals surface area (Å²) in [6.07, 6.45) is 3.86. The van der Waals surface area contributed by atoms with Gasteiger partial charge in [0.25, 0.3) is 0 Å². The lowest BCUT2D eigenvalue weighted by molar-refractivity contribution is -0.155. The molecule has 0 aliphatic rings. The quantitative estimate of drug-likeness (QED) is 0.475. The number of hydrogen-bond donors (Lipinski definition) is 0. The number of carbonyl (C=O) groups excluding carboxylic acids is 1. The van der Waals surface area contributed by atoms with Gasteiger partial charge in [-0.15, -0.1) is 13.2 Å². The Kier molecular flexibility index (Phi) is 5.99. The van der Waals surface area contributed by atoms with Crippen LogP contribution in [0.4, 0.5) is 0 Å². The van der Waals surface area contributed by atoms with E-state index in [-0.39, 0.29) is 5.97 Å². The van der Waals surface area contributed by atoms with Crippen LogP contribution in [0.15, 0.2) is 24.8 Å². The second-order valence-corrected chi connectivity index (χ2v) is 3.98. The Morgan fingerprint density at radius 3 is 2.40 bits per heavy atom. The van der Waals surface area contributed by atoms with Gasteiger partial charge in [0.2, 0.25) is 0 Å². The summed E-state index contributed by atoms with van der Waals surface area (Å²) >= 11 is 0. The van der Waals surface area contributed by atoms with Gasteiger partial charge >= 0.3 is 5.97 Å². The van der Waals surface area contributed by atoms with Gasteiger partial charge in [0.15, 0.2) is 0 Å². The fraction of sp³-hybridized carbons (Fsp3) is 0.615. The molecule has 15 heavy (non-hydrogen) atoms. The van der Waals surface area contributed by atoms with Gasteiger partial charge in [-0.25, -0.2) is 0 Å². The van der Waals surface area contributed by atoms with Gasteiger partial charge in [-0.3, -0.25) is 4.79 Å². The van der Waals surface area contributed by atoms with Crippen molar-refractivity contribution in [2.24, 2.45) is 5.41 Å². The van der Waals surface area contributed by atoms with Crippen molar-refractivity contribution in [2.75, 3.05) is 6.61 Å². The Bertz CT molecular complexity index is 243. The standard InChI is InChI=1S/C13H22O2/c1-6-9-13(7-2,10-11(4)5)12(14)15-8-3/h6H,1,4,7-10H2,2-3,5H3.